The van der Waals surface area contributed by atoms with Crippen molar-refractivity contribution in [2.45, 2.75) is 114 Å². The van der Waals surface area contributed by atoms with Crippen LogP contribution < -0.4 is 9.47 Å². The number of benzene rings is 4. The fourth-order valence-electron chi connectivity index (χ4n) is 5.44. The van der Waals surface area contributed by atoms with E-state index in [4.69, 9.17) is 9.47 Å². The first kappa shape index (κ1) is 44.7. The predicted molar refractivity (Wildman–Crippen MR) is 202 cm³/mol. The molecule has 0 saturated heterocycles. The van der Waals surface area contributed by atoms with Crippen LogP contribution in [0.4, 0.5) is 0 Å². The summed E-state index contributed by atoms with van der Waals surface area (Å²) in [6.07, 6.45) is 16.0. The van der Waals surface area contributed by atoms with Gasteiger partial charge in [0.15, 0.2) is 0 Å². The maximum Gasteiger partial charge on any atom is 2.00 e. The number of ether oxygens (including phenoxy) is 2. The SMILES string of the molecule is CCCCCCCCc1ccc(S(=O)(=O)[O-])c(Oc2ccccc2)c1.CCCCCCCCc1ccc(S(=O)(=O)[O-])c(Oc2ccccc2)c1.[Ca+2]. The van der Waals surface area contributed by atoms with Crippen LogP contribution in [0.25, 0.3) is 0 Å². The maximum atomic E-state index is 11.5. The quantitative estimate of drug-likeness (QED) is 0.0494. The topological polar surface area (TPSA) is 133 Å². The summed E-state index contributed by atoms with van der Waals surface area (Å²) in [5, 5.41) is 0. The minimum atomic E-state index is -4.58. The Morgan fingerprint density at radius 3 is 1.14 bits per heavy atom. The molecule has 4 aromatic carbocycles. The van der Waals surface area contributed by atoms with E-state index in [1.165, 1.54) is 63.5 Å². The average Bonchev–Trinajstić information content (AvgIpc) is 3.08. The molecule has 0 aliphatic rings. The molecule has 0 atom stereocenters. The molecule has 0 spiro atoms. The molecule has 8 nitrogen and oxygen atoms in total. The third-order valence-electron chi connectivity index (χ3n) is 8.13. The van der Waals surface area contributed by atoms with Crippen molar-refractivity contribution in [3.8, 4) is 23.0 Å². The molecule has 0 aromatic heterocycles. The van der Waals surface area contributed by atoms with Crippen molar-refractivity contribution in [1.82, 2.24) is 0 Å². The van der Waals surface area contributed by atoms with Crippen LogP contribution in [0.15, 0.2) is 107 Å². The van der Waals surface area contributed by atoms with Crippen LogP contribution in [-0.4, -0.2) is 63.7 Å². The summed E-state index contributed by atoms with van der Waals surface area (Å²) in [6, 6.07) is 27.2. The van der Waals surface area contributed by atoms with Gasteiger partial charge in [-0.3, -0.25) is 0 Å². The number of aryl methyl sites for hydroxylation is 2. The third kappa shape index (κ3) is 17.3. The van der Waals surface area contributed by atoms with Gasteiger partial charge in [0.25, 0.3) is 0 Å². The van der Waals surface area contributed by atoms with Gasteiger partial charge in [-0.2, -0.15) is 0 Å². The summed E-state index contributed by atoms with van der Waals surface area (Å²) in [7, 11) is -9.16. The number of para-hydroxylation sites is 2. The van der Waals surface area contributed by atoms with E-state index in [9.17, 15) is 25.9 Å². The van der Waals surface area contributed by atoms with Crippen LogP contribution in [0.2, 0.25) is 0 Å². The summed E-state index contributed by atoms with van der Waals surface area (Å²) < 4.78 is 80.2. The van der Waals surface area contributed by atoms with Gasteiger partial charge in [0.1, 0.15) is 43.2 Å². The van der Waals surface area contributed by atoms with Gasteiger partial charge in [-0.15, -0.1) is 0 Å². The maximum absolute atomic E-state index is 11.5. The molecule has 0 aliphatic carbocycles. The number of unbranched alkanes of at least 4 members (excludes halogenated alkanes) is 10. The minimum Gasteiger partial charge on any atom is -0.744 e. The molecule has 11 heteroatoms. The first-order chi connectivity index (χ1) is 24.0. The second-order valence-corrected chi connectivity index (χ2v) is 15.0. The Morgan fingerprint density at radius 2 is 0.804 bits per heavy atom. The van der Waals surface area contributed by atoms with Crippen LogP contribution in [0, 0.1) is 0 Å². The van der Waals surface area contributed by atoms with Gasteiger partial charge in [-0.25, -0.2) is 16.8 Å². The van der Waals surface area contributed by atoms with Crippen molar-refractivity contribution in [3.05, 3.63) is 108 Å². The number of hydrogen-bond donors (Lipinski definition) is 0. The third-order valence-corrected chi connectivity index (χ3v) is 9.89. The summed E-state index contributed by atoms with van der Waals surface area (Å²) in [5.74, 6) is 1.21. The van der Waals surface area contributed by atoms with Gasteiger partial charge in [0, 0.05) is 0 Å². The van der Waals surface area contributed by atoms with E-state index in [0.717, 1.165) is 49.7 Å². The Kier molecular flexibility index (Phi) is 21.0. The average molecular weight is 763 g/mol. The van der Waals surface area contributed by atoms with Gasteiger partial charge >= 0.3 is 37.7 Å². The summed E-state index contributed by atoms with van der Waals surface area (Å²) in [4.78, 5) is -0.633. The fourth-order valence-corrected chi connectivity index (χ4v) is 6.60. The van der Waals surface area contributed by atoms with Gasteiger partial charge in [0.2, 0.25) is 0 Å². The van der Waals surface area contributed by atoms with E-state index in [-0.39, 0.29) is 59.0 Å². The monoisotopic (exact) mass is 762 g/mol. The standard InChI is InChI=1S/2C20H26O4S.Ca/c2*1-2-3-4-5-6-8-11-17-14-15-20(25(21,22)23)19(16-17)24-18-12-9-7-10-13-18;/h2*7,9-10,12-16H,2-6,8,11H2,1H3,(H,21,22,23);/q;;+2/p-2. The van der Waals surface area contributed by atoms with Crippen LogP contribution in [0.3, 0.4) is 0 Å². The zero-order valence-corrected chi connectivity index (χ0v) is 33.8. The molecule has 0 N–H and O–H groups in total. The largest absolute Gasteiger partial charge is 2.00 e. The van der Waals surface area contributed by atoms with Crippen molar-refractivity contribution in [2.75, 3.05) is 0 Å². The zero-order valence-electron chi connectivity index (χ0n) is 29.9. The Balaban J connectivity index is 0.000000347. The molecule has 4 rings (SSSR count). The van der Waals surface area contributed by atoms with Crippen molar-refractivity contribution in [1.29, 1.82) is 0 Å². The molecule has 0 saturated carbocycles. The first-order valence-corrected chi connectivity index (χ1v) is 20.5. The van der Waals surface area contributed by atoms with Gasteiger partial charge in [0.05, 0.1) is 9.79 Å². The summed E-state index contributed by atoms with van der Waals surface area (Å²) in [5.41, 5.74) is 1.96. The van der Waals surface area contributed by atoms with E-state index < -0.39 is 20.2 Å². The van der Waals surface area contributed by atoms with E-state index in [1.807, 2.05) is 12.1 Å². The molecule has 0 amide bonds. The molecule has 0 unspecified atom stereocenters. The summed E-state index contributed by atoms with van der Waals surface area (Å²) >= 11 is 0. The first-order valence-electron chi connectivity index (χ1n) is 17.6. The van der Waals surface area contributed by atoms with Crippen LogP contribution in [0.5, 0.6) is 23.0 Å². The number of rotatable bonds is 20. The Bertz CT molecular complexity index is 1650. The Morgan fingerprint density at radius 1 is 0.471 bits per heavy atom. The van der Waals surface area contributed by atoms with E-state index in [2.05, 4.69) is 13.8 Å². The van der Waals surface area contributed by atoms with Crippen LogP contribution >= 0.6 is 0 Å². The van der Waals surface area contributed by atoms with Crippen LogP contribution in [-0.2, 0) is 33.1 Å². The number of hydrogen-bond acceptors (Lipinski definition) is 8. The molecule has 0 bridgehead atoms. The summed E-state index contributed by atoms with van der Waals surface area (Å²) in [6.45, 7) is 4.39. The molecular formula is C40H50CaO8S2. The van der Waals surface area contributed by atoms with Crippen LogP contribution in [0.1, 0.15) is 102 Å². The van der Waals surface area contributed by atoms with Crippen molar-refractivity contribution in [2.24, 2.45) is 0 Å². The smallest absolute Gasteiger partial charge is 0.744 e. The molecule has 4 aromatic rings. The molecule has 0 radical (unpaired) electrons. The van der Waals surface area contributed by atoms with Gasteiger partial charge in [-0.1, -0.05) is 127 Å². The minimum absolute atomic E-state index is 0. The van der Waals surface area contributed by atoms with Crippen molar-refractivity contribution in [3.63, 3.8) is 0 Å². The van der Waals surface area contributed by atoms with Gasteiger partial charge < -0.3 is 18.6 Å². The molecular weight excluding hydrogens is 713 g/mol. The Hall–Kier alpha value is -2.44. The van der Waals surface area contributed by atoms with E-state index >= 15 is 0 Å². The normalized spacial score (nSPS) is 11.2. The second kappa shape index (κ2) is 24.0. The molecule has 51 heavy (non-hydrogen) atoms. The molecule has 0 aliphatic heterocycles. The molecule has 272 valence electrons. The van der Waals surface area contributed by atoms with Gasteiger partial charge in [-0.05, 0) is 85.3 Å². The molecule has 0 heterocycles. The zero-order chi connectivity index (χ0) is 36.2. The fraction of sp³-hybridized carbons (Fsp3) is 0.400. The molecule has 0 fully saturated rings. The van der Waals surface area contributed by atoms with E-state index in [1.54, 1.807) is 72.8 Å². The van der Waals surface area contributed by atoms with Crippen molar-refractivity contribution >= 4 is 58.0 Å². The Labute approximate surface area is 335 Å². The second-order valence-electron chi connectivity index (χ2n) is 12.3. The van der Waals surface area contributed by atoms with E-state index in [0.29, 0.717) is 11.5 Å². The van der Waals surface area contributed by atoms with Crippen molar-refractivity contribution < 1.29 is 35.4 Å². The predicted octanol–water partition coefficient (Wildman–Crippen LogP) is 10.2.